The van der Waals surface area contributed by atoms with Crippen molar-refractivity contribution in [3.63, 3.8) is 0 Å². The zero-order valence-corrected chi connectivity index (χ0v) is 22.5. The zero-order valence-electron chi connectivity index (χ0n) is 20.1. The van der Waals surface area contributed by atoms with Crippen LogP contribution < -0.4 is 10.6 Å². The van der Waals surface area contributed by atoms with Crippen LogP contribution in [0.4, 0.5) is 0 Å². The van der Waals surface area contributed by atoms with Crippen LogP contribution in [-0.4, -0.2) is 91.5 Å². The minimum Gasteiger partial charge on any atom is -0.354 e. The summed E-state index contributed by atoms with van der Waals surface area (Å²) in [5.74, 6) is 1.22. The van der Waals surface area contributed by atoms with Gasteiger partial charge in [-0.05, 0) is 39.2 Å². The maximum atomic E-state index is 12.4. The van der Waals surface area contributed by atoms with E-state index < -0.39 is 0 Å². The molecule has 32 heavy (non-hydrogen) atoms. The number of aliphatic imine (C=N–C) groups is 1. The molecule has 0 spiro atoms. The van der Waals surface area contributed by atoms with E-state index in [1.54, 1.807) is 0 Å². The number of piperazine rings is 1. The van der Waals surface area contributed by atoms with Crippen molar-refractivity contribution in [2.24, 2.45) is 4.99 Å². The Kier molecular flexibility index (Phi) is 10.7. The topological polar surface area (TPSA) is 63.2 Å². The molecule has 0 radical (unpaired) electrons. The Morgan fingerprint density at radius 1 is 1.03 bits per heavy atom. The molecule has 1 atom stereocenters. The van der Waals surface area contributed by atoms with E-state index in [9.17, 15) is 4.79 Å². The SMILES string of the molecule is CN=C(NCC(C)(C)NC(C)c1ccccc1)N1CCN(CC(=O)N2CCCC2)CC1.I. The molecule has 0 aliphatic carbocycles. The zero-order chi connectivity index (χ0) is 22.3. The van der Waals surface area contributed by atoms with Gasteiger partial charge in [0.2, 0.25) is 5.91 Å². The number of benzene rings is 1. The van der Waals surface area contributed by atoms with Crippen molar-refractivity contribution in [2.45, 2.75) is 45.2 Å². The first kappa shape index (κ1) is 26.9. The predicted molar refractivity (Wildman–Crippen MR) is 143 cm³/mol. The predicted octanol–water partition coefficient (Wildman–Crippen LogP) is 2.55. The van der Waals surface area contributed by atoms with Gasteiger partial charge in [0.05, 0.1) is 6.54 Å². The summed E-state index contributed by atoms with van der Waals surface area (Å²) in [6, 6.07) is 10.8. The smallest absolute Gasteiger partial charge is 0.236 e. The van der Waals surface area contributed by atoms with Gasteiger partial charge in [0.25, 0.3) is 0 Å². The second kappa shape index (κ2) is 12.7. The Morgan fingerprint density at radius 3 is 2.25 bits per heavy atom. The molecular weight excluding hydrogens is 515 g/mol. The van der Waals surface area contributed by atoms with Gasteiger partial charge in [0.1, 0.15) is 0 Å². The van der Waals surface area contributed by atoms with Gasteiger partial charge in [-0.3, -0.25) is 14.7 Å². The fourth-order valence-corrected chi connectivity index (χ4v) is 4.47. The van der Waals surface area contributed by atoms with Gasteiger partial charge in [-0.1, -0.05) is 30.3 Å². The van der Waals surface area contributed by atoms with Crippen molar-refractivity contribution < 1.29 is 4.79 Å². The Bertz CT molecular complexity index is 727. The maximum Gasteiger partial charge on any atom is 0.236 e. The lowest BCUT2D eigenvalue weighted by molar-refractivity contribution is -0.131. The van der Waals surface area contributed by atoms with E-state index in [-0.39, 0.29) is 41.5 Å². The number of likely N-dealkylation sites (tertiary alicyclic amines) is 1. The summed E-state index contributed by atoms with van der Waals surface area (Å²) in [5, 5.41) is 7.28. The third-order valence-corrected chi connectivity index (χ3v) is 6.30. The fourth-order valence-electron chi connectivity index (χ4n) is 4.47. The number of guanidine groups is 1. The molecule has 3 rings (SSSR count). The average Bonchev–Trinajstić information content (AvgIpc) is 3.31. The molecule has 2 aliphatic rings. The molecule has 2 N–H and O–H groups in total. The number of hydrogen-bond donors (Lipinski definition) is 2. The van der Waals surface area contributed by atoms with Crippen molar-refractivity contribution in [2.75, 3.05) is 59.4 Å². The molecule has 1 unspecified atom stereocenters. The molecule has 0 aromatic heterocycles. The minimum atomic E-state index is -0.0881. The van der Waals surface area contributed by atoms with Crippen molar-refractivity contribution in [3.05, 3.63) is 35.9 Å². The van der Waals surface area contributed by atoms with E-state index in [1.165, 1.54) is 5.56 Å². The van der Waals surface area contributed by atoms with Crippen LogP contribution in [0, 0.1) is 0 Å². The first-order chi connectivity index (χ1) is 14.9. The average molecular weight is 557 g/mol. The largest absolute Gasteiger partial charge is 0.354 e. The van der Waals surface area contributed by atoms with Crippen molar-refractivity contribution in [3.8, 4) is 0 Å². The molecule has 0 bridgehead atoms. The van der Waals surface area contributed by atoms with Crippen LogP contribution in [0.2, 0.25) is 0 Å². The highest BCUT2D eigenvalue weighted by Crippen LogP contribution is 2.16. The lowest BCUT2D eigenvalue weighted by Crippen LogP contribution is -2.57. The summed E-state index contributed by atoms with van der Waals surface area (Å²) in [6.07, 6.45) is 2.30. The van der Waals surface area contributed by atoms with Gasteiger partial charge in [0.15, 0.2) is 5.96 Å². The molecule has 1 aromatic carbocycles. The number of carbonyl (C=O) groups is 1. The third kappa shape index (κ3) is 7.88. The first-order valence-corrected chi connectivity index (χ1v) is 11.7. The maximum absolute atomic E-state index is 12.4. The first-order valence-electron chi connectivity index (χ1n) is 11.7. The van der Waals surface area contributed by atoms with E-state index in [0.29, 0.717) is 6.54 Å². The van der Waals surface area contributed by atoms with Gasteiger partial charge < -0.3 is 20.4 Å². The van der Waals surface area contributed by atoms with Gasteiger partial charge in [-0.25, -0.2) is 0 Å². The quantitative estimate of drug-likeness (QED) is 0.307. The minimum absolute atomic E-state index is 0. The van der Waals surface area contributed by atoms with Gasteiger partial charge in [-0.15, -0.1) is 24.0 Å². The molecule has 2 fully saturated rings. The van der Waals surface area contributed by atoms with Crippen LogP contribution in [0.1, 0.15) is 45.2 Å². The summed E-state index contributed by atoms with van der Waals surface area (Å²) in [5.41, 5.74) is 1.20. The van der Waals surface area contributed by atoms with E-state index in [0.717, 1.165) is 64.6 Å². The van der Waals surface area contributed by atoms with Crippen LogP contribution in [-0.2, 0) is 4.79 Å². The summed E-state index contributed by atoms with van der Waals surface area (Å²) in [6.45, 7) is 13.4. The molecule has 2 aliphatic heterocycles. The second-order valence-electron chi connectivity index (χ2n) is 9.41. The Labute approximate surface area is 211 Å². The number of nitrogens with one attached hydrogen (secondary N) is 2. The molecule has 2 saturated heterocycles. The van der Waals surface area contributed by atoms with Crippen LogP contribution in [0.25, 0.3) is 0 Å². The van der Waals surface area contributed by atoms with E-state index in [1.807, 2.05) is 11.9 Å². The van der Waals surface area contributed by atoms with Crippen molar-refractivity contribution >= 4 is 35.8 Å². The Morgan fingerprint density at radius 2 is 1.66 bits per heavy atom. The standard InChI is InChI=1S/C24H40N6O.HI/c1-20(21-10-6-5-7-11-21)27-24(2,3)19-26-23(25-4)30-16-14-28(15-17-30)18-22(31)29-12-8-9-13-29;/h5-7,10-11,20,27H,8-9,12-19H2,1-4H3,(H,25,26);1H. The monoisotopic (exact) mass is 556 g/mol. The summed E-state index contributed by atoms with van der Waals surface area (Å²) >= 11 is 0. The summed E-state index contributed by atoms with van der Waals surface area (Å²) < 4.78 is 0. The Balaban J connectivity index is 0.00000363. The highest BCUT2D eigenvalue weighted by molar-refractivity contribution is 14.0. The van der Waals surface area contributed by atoms with Crippen LogP contribution in [0.5, 0.6) is 0 Å². The van der Waals surface area contributed by atoms with E-state index in [2.05, 4.69) is 76.5 Å². The number of nitrogens with zero attached hydrogens (tertiary/aromatic N) is 4. The molecule has 8 heteroatoms. The normalized spacial score (nSPS) is 18.9. The van der Waals surface area contributed by atoms with E-state index in [4.69, 9.17) is 0 Å². The lowest BCUT2D eigenvalue weighted by atomic mass is 10.0. The van der Waals surface area contributed by atoms with Gasteiger partial charge in [0, 0.05) is 64.4 Å². The number of halogens is 1. The van der Waals surface area contributed by atoms with Crippen LogP contribution in [0.15, 0.2) is 35.3 Å². The highest BCUT2D eigenvalue weighted by Gasteiger charge is 2.26. The highest BCUT2D eigenvalue weighted by atomic mass is 127. The Hall–Kier alpha value is -1.39. The number of carbonyl (C=O) groups excluding carboxylic acids is 1. The van der Waals surface area contributed by atoms with Gasteiger partial charge >= 0.3 is 0 Å². The molecule has 1 amide bonds. The van der Waals surface area contributed by atoms with E-state index >= 15 is 0 Å². The van der Waals surface area contributed by atoms with Crippen LogP contribution >= 0.6 is 24.0 Å². The molecule has 180 valence electrons. The summed E-state index contributed by atoms with van der Waals surface area (Å²) in [7, 11) is 1.85. The number of rotatable bonds is 7. The molecule has 0 saturated carbocycles. The van der Waals surface area contributed by atoms with Gasteiger partial charge in [-0.2, -0.15) is 0 Å². The number of hydrogen-bond acceptors (Lipinski definition) is 4. The molecule has 7 nitrogen and oxygen atoms in total. The lowest BCUT2D eigenvalue weighted by Gasteiger charge is -2.38. The molecule has 2 heterocycles. The molecular formula is C24H41IN6O. The van der Waals surface area contributed by atoms with Crippen molar-refractivity contribution in [1.29, 1.82) is 0 Å². The van der Waals surface area contributed by atoms with Crippen molar-refractivity contribution in [1.82, 2.24) is 25.3 Å². The molecule has 1 aromatic rings. The number of amides is 1. The third-order valence-electron chi connectivity index (χ3n) is 6.30. The summed E-state index contributed by atoms with van der Waals surface area (Å²) in [4.78, 5) is 23.5. The second-order valence-corrected chi connectivity index (χ2v) is 9.41. The fraction of sp³-hybridized carbons (Fsp3) is 0.667. The van der Waals surface area contributed by atoms with Crippen LogP contribution in [0.3, 0.4) is 0 Å².